The van der Waals surface area contributed by atoms with Crippen LogP contribution in [0.25, 0.3) is 0 Å². The number of amides is 2. The molecule has 0 aromatic heterocycles. The number of aryl methyl sites for hydroxylation is 1. The Morgan fingerprint density at radius 1 is 0.818 bits per heavy atom. The van der Waals surface area contributed by atoms with Crippen LogP contribution in [0.2, 0.25) is 0 Å². The summed E-state index contributed by atoms with van der Waals surface area (Å²) < 4.78 is 14.4. The van der Waals surface area contributed by atoms with E-state index in [1.54, 1.807) is 0 Å². The van der Waals surface area contributed by atoms with Crippen LogP contribution < -0.4 is 10.1 Å². The molecule has 2 N–H and O–H groups in total. The predicted octanol–water partition coefficient (Wildman–Crippen LogP) is 6.38. The van der Waals surface area contributed by atoms with E-state index < -0.39 is 0 Å². The molecule has 5 aliphatic carbocycles. The van der Waals surface area contributed by atoms with Crippen LogP contribution in [0.5, 0.6) is 5.75 Å². The van der Waals surface area contributed by atoms with Gasteiger partial charge in [-0.1, -0.05) is 29.8 Å². The Bertz CT molecular complexity index is 1200. The van der Waals surface area contributed by atoms with Gasteiger partial charge in [0.15, 0.2) is 0 Å². The number of carbonyl (C=O) groups excluding carboxylic acids is 2. The second-order valence-electron chi connectivity index (χ2n) is 13.6. The van der Waals surface area contributed by atoms with Crippen molar-refractivity contribution in [1.29, 1.82) is 0 Å². The van der Waals surface area contributed by atoms with Crippen molar-refractivity contribution < 1.29 is 28.7 Å². The van der Waals surface area contributed by atoms with Crippen LogP contribution in [0, 0.1) is 30.6 Å². The second kappa shape index (κ2) is 14.8. The fraction of sp³-hybridized carbons (Fsp3) is 0.600. The van der Waals surface area contributed by atoms with Gasteiger partial charge in [-0.15, -0.1) is 0 Å². The van der Waals surface area contributed by atoms with Crippen LogP contribution in [0.3, 0.4) is 0 Å². The molecular weight excluding hydrogens is 576 g/mol. The molecular formula is C35H46N2O6S. The Kier molecular flexibility index (Phi) is 10.6. The van der Waals surface area contributed by atoms with E-state index in [1.165, 1.54) is 43.2 Å². The van der Waals surface area contributed by atoms with Gasteiger partial charge in [0.25, 0.3) is 0 Å². The third-order valence-electron chi connectivity index (χ3n) is 10.3. The normalized spacial score (nSPS) is 31.3. The van der Waals surface area contributed by atoms with Crippen molar-refractivity contribution in [2.24, 2.45) is 23.7 Å². The molecule has 1 aliphatic heterocycles. The molecule has 6 fully saturated rings. The molecule has 6 aliphatic rings. The van der Waals surface area contributed by atoms with Crippen molar-refractivity contribution in [3.63, 3.8) is 0 Å². The lowest BCUT2D eigenvalue weighted by Gasteiger charge is -2.53. The van der Waals surface area contributed by atoms with Gasteiger partial charge in [0.1, 0.15) is 12.4 Å². The van der Waals surface area contributed by atoms with Crippen molar-refractivity contribution in [2.75, 3.05) is 26.2 Å². The van der Waals surface area contributed by atoms with Gasteiger partial charge < -0.3 is 9.29 Å². The van der Waals surface area contributed by atoms with Gasteiger partial charge in [-0.3, -0.25) is 19.8 Å². The van der Waals surface area contributed by atoms with Gasteiger partial charge in [-0.25, -0.2) is 9.78 Å². The summed E-state index contributed by atoms with van der Waals surface area (Å²) in [6, 6.07) is 16.1. The first-order valence-electron chi connectivity index (χ1n) is 16.4. The summed E-state index contributed by atoms with van der Waals surface area (Å²) in [5, 5.41) is 2.32. The first-order chi connectivity index (χ1) is 21.4. The van der Waals surface area contributed by atoms with E-state index in [4.69, 9.17) is 19.1 Å². The Balaban J connectivity index is 0.000000329. The van der Waals surface area contributed by atoms with Crippen LogP contribution in [0.15, 0.2) is 53.4 Å². The Labute approximate surface area is 265 Å². The molecule has 8 rings (SSSR count). The zero-order chi connectivity index (χ0) is 30.5. The highest BCUT2D eigenvalue weighted by Gasteiger charge is 2.49. The number of nitrogens with one attached hydrogen (secondary N) is 1. The molecule has 5 saturated carbocycles. The first-order valence-corrected chi connectivity index (χ1v) is 17.2. The van der Waals surface area contributed by atoms with E-state index in [0.29, 0.717) is 25.2 Å². The highest BCUT2D eigenvalue weighted by atomic mass is 32.2. The first kappa shape index (κ1) is 31.5. The number of ether oxygens (including phenoxy) is 1. The van der Waals surface area contributed by atoms with Crippen LogP contribution in [-0.2, 0) is 19.4 Å². The van der Waals surface area contributed by atoms with E-state index in [2.05, 4.69) is 17.4 Å². The third-order valence-corrected chi connectivity index (χ3v) is 10.8. The Morgan fingerprint density at radius 2 is 1.43 bits per heavy atom. The number of rotatable bonds is 9. The maximum absolute atomic E-state index is 11.5. The molecule has 9 heteroatoms. The van der Waals surface area contributed by atoms with Crippen LogP contribution in [0.4, 0.5) is 0 Å². The lowest BCUT2D eigenvalue weighted by molar-refractivity contribution is -0.383. The fourth-order valence-corrected chi connectivity index (χ4v) is 8.51. The standard InChI is InChI=1S/C28H38N2O5.C7H8OS/c31-26-16-30(17-27(32)29-26)9-10-33-24-5-1-20(2-6-24)21-3-7-25(8-4-21)34-35-28-22-12-18-11-19(14-22)15-23(28)13-18;1-6-2-4-7(9-8)5-3-6/h1-2,5-6,18-19,21-23,25,28H,3-4,7-17H2,(H,29,31,32);2-5,8H,1H3. The zero-order valence-corrected chi connectivity index (χ0v) is 26.5. The maximum Gasteiger partial charge on any atom is 0.240 e. The summed E-state index contributed by atoms with van der Waals surface area (Å²) in [6.07, 6.45) is 11.9. The lowest BCUT2D eigenvalue weighted by Crippen LogP contribution is -2.52. The SMILES string of the molecule is Cc1ccc(SO)cc1.O=C1CN(CCOc2ccc(C3CCC(OOC4C5CC6CC(C5)CC4C6)CC3)cc2)CC(=O)N1. The van der Waals surface area contributed by atoms with Crippen molar-refractivity contribution in [3.8, 4) is 5.75 Å². The number of hydrogen-bond acceptors (Lipinski definition) is 8. The van der Waals surface area contributed by atoms with Gasteiger partial charge in [-0.05, 0) is 124 Å². The van der Waals surface area contributed by atoms with Gasteiger partial charge in [0, 0.05) is 23.5 Å². The summed E-state index contributed by atoms with van der Waals surface area (Å²) in [4.78, 5) is 37.8. The topological polar surface area (TPSA) is 97.3 Å². The minimum Gasteiger partial charge on any atom is -0.492 e. The minimum atomic E-state index is -0.245. The van der Waals surface area contributed by atoms with E-state index in [-0.39, 0.29) is 31.0 Å². The average Bonchev–Trinajstić information content (AvgIpc) is 3.01. The second-order valence-corrected chi connectivity index (χ2v) is 14.2. The highest BCUT2D eigenvalue weighted by molar-refractivity contribution is 7.93. The Morgan fingerprint density at radius 3 is 2.02 bits per heavy atom. The van der Waals surface area contributed by atoms with Crippen LogP contribution in [-0.4, -0.2) is 59.7 Å². The van der Waals surface area contributed by atoms with Gasteiger partial charge in [0.05, 0.1) is 25.3 Å². The van der Waals surface area contributed by atoms with Crippen molar-refractivity contribution >= 4 is 23.9 Å². The lowest BCUT2D eigenvalue weighted by atomic mass is 9.55. The smallest absolute Gasteiger partial charge is 0.240 e. The molecule has 8 nitrogen and oxygen atoms in total. The van der Waals surface area contributed by atoms with Gasteiger partial charge in [0.2, 0.25) is 11.8 Å². The molecule has 2 aromatic carbocycles. The third kappa shape index (κ3) is 8.23. The van der Waals surface area contributed by atoms with E-state index >= 15 is 0 Å². The molecule has 2 amide bonds. The van der Waals surface area contributed by atoms with E-state index in [0.717, 1.165) is 72.0 Å². The number of piperazine rings is 1. The summed E-state index contributed by atoms with van der Waals surface area (Å²) in [6.45, 7) is 3.51. The van der Waals surface area contributed by atoms with Crippen LogP contribution >= 0.6 is 12.0 Å². The monoisotopic (exact) mass is 622 g/mol. The zero-order valence-electron chi connectivity index (χ0n) is 25.7. The Hall–Kier alpha value is -2.43. The molecule has 1 saturated heterocycles. The molecule has 0 atom stereocenters. The molecule has 1 heterocycles. The van der Waals surface area contributed by atoms with E-state index in [1.807, 2.05) is 48.2 Å². The number of hydrogen-bond donors (Lipinski definition) is 2. The molecule has 0 unspecified atom stereocenters. The molecule has 44 heavy (non-hydrogen) atoms. The molecule has 238 valence electrons. The largest absolute Gasteiger partial charge is 0.492 e. The maximum atomic E-state index is 11.5. The summed E-state index contributed by atoms with van der Waals surface area (Å²) in [5.74, 6) is 4.30. The van der Waals surface area contributed by atoms with Crippen molar-refractivity contribution in [3.05, 3.63) is 59.7 Å². The quantitative estimate of drug-likeness (QED) is 0.144. The highest BCUT2D eigenvalue weighted by Crippen LogP contribution is 2.54. The average molecular weight is 623 g/mol. The molecule has 4 bridgehead atoms. The van der Waals surface area contributed by atoms with Gasteiger partial charge >= 0.3 is 0 Å². The minimum absolute atomic E-state index is 0.231. The number of benzene rings is 2. The molecule has 0 radical (unpaired) electrons. The predicted molar refractivity (Wildman–Crippen MR) is 169 cm³/mol. The van der Waals surface area contributed by atoms with Gasteiger partial charge in [-0.2, -0.15) is 0 Å². The van der Waals surface area contributed by atoms with E-state index in [9.17, 15) is 9.59 Å². The summed E-state index contributed by atoms with van der Waals surface area (Å²) >= 11 is 0.777. The number of carbonyl (C=O) groups is 2. The van der Waals surface area contributed by atoms with Crippen LogP contribution in [0.1, 0.15) is 74.8 Å². The van der Waals surface area contributed by atoms with Crippen molar-refractivity contribution in [2.45, 2.75) is 87.7 Å². The number of imide groups is 1. The summed E-state index contributed by atoms with van der Waals surface area (Å²) in [5.41, 5.74) is 2.57. The summed E-state index contributed by atoms with van der Waals surface area (Å²) in [7, 11) is 0. The number of nitrogens with zero attached hydrogens (tertiary/aromatic N) is 1. The fourth-order valence-electron chi connectivity index (χ4n) is 8.25. The molecule has 2 aromatic rings. The van der Waals surface area contributed by atoms with Crippen molar-refractivity contribution in [1.82, 2.24) is 10.2 Å². The molecule has 0 spiro atoms.